The maximum atomic E-state index is 13.6. The van der Waals surface area contributed by atoms with E-state index in [0.29, 0.717) is 32.8 Å². The van der Waals surface area contributed by atoms with Crippen molar-refractivity contribution in [2.24, 2.45) is 0 Å². The second-order valence-electron chi connectivity index (χ2n) is 7.31. The number of Topliss-reactive ketones (excluding diaryl/α,β-unsaturated/α-hetero) is 1. The molecule has 1 aliphatic heterocycles. The van der Waals surface area contributed by atoms with E-state index in [4.69, 9.17) is 14.7 Å². The van der Waals surface area contributed by atoms with Crippen molar-refractivity contribution in [2.75, 3.05) is 45.3 Å². The van der Waals surface area contributed by atoms with Crippen molar-refractivity contribution in [1.82, 2.24) is 4.90 Å². The number of rotatable bonds is 13. The Morgan fingerprint density at radius 2 is 1.97 bits per heavy atom. The van der Waals surface area contributed by atoms with Crippen LogP contribution in [0.1, 0.15) is 56.3 Å². The maximum Gasteiger partial charge on any atom is 0.183 e. The predicted molar refractivity (Wildman–Crippen MR) is 117 cm³/mol. The molecule has 0 radical (unpaired) electrons. The zero-order valence-corrected chi connectivity index (χ0v) is 18.6. The van der Waals surface area contributed by atoms with Crippen molar-refractivity contribution >= 4 is 17.5 Å². The molecule has 1 unspecified atom stereocenters. The first-order valence-corrected chi connectivity index (χ1v) is 11.7. The van der Waals surface area contributed by atoms with E-state index < -0.39 is 5.54 Å². The number of hydrogen-bond acceptors (Lipinski definition) is 6. The van der Waals surface area contributed by atoms with Crippen LogP contribution in [0.25, 0.3) is 0 Å². The molecule has 1 fully saturated rings. The minimum atomic E-state index is -0.428. The number of morpholine rings is 1. The van der Waals surface area contributed by atoms with E-state index >= 15 is 0 Å². The highest BCUT2D eigenvalue weighted by Crippen LogP contribution is 2.32. The highest BCUT2D eigenvalue weighted by Gasteiger charge is 2.42. The van der Waals surface area contributed by atoms with Crippen molar-refractivity contribution in [1.29, 1.82) is 5.26 Å². The number of hydrogen-bond donors (Lipinski definition) is 0. The van der Waals surface area contributed by atoms with Crippen LogP contribution in [0.3, 0.4) is 0 Å². The second-order valence-corrected chi connectivity index (χ2v) is 8.48. The third-order valence-electron chi connectivity index (χ3n) is 5.54. The molecule has 1 aliphatic rings. The smallest absolute Gasteiger partial charge is 0.183 e. The normalized spacial score (nSPS) is 16.9. The Labute approximate surface area is 179 Å². The fraction of sp³-hybridized carbons (Fsp3) is 0.652. The molecule has 1 aromatic rings. The number of thioether (sulfide) groups is 1. The molecule has 160 valence electrons. The van der Waals surface area contributed by atoms with Gasteiger partial charge >= 0.3 is 0 Å². The highest BCUT2D eigenvalue weighted by molar-refractivity contribution is 7.99. The van der Waals surface area contributed by atoms with Gasteiger partial charge in [-0.3, -0.25) is 9.69 Å². The van der Waals surface area contributed by atoms with Crippen molar-refractivity contribution in [2.45, 2.75) is 56.4 Å². The van der Waals surface area contributed by atoms with Crippen molar-refractivity contribution in [3.8, 4) is 6.07 Å². The summed E-state index contributed by atoms with van der Waals surface area (Å²) in [7, 11) is 0. The van der Waals surface area contributed by atoms with Crippen LogP contribution in [-0.4, -0.2) is 61.5 Å². The summed E-state index contributed by atoms with van der Waals surface area (Å²) in [6, 6.07) is 10.1. The van der Waals surface area contributed by atoms with Crippen LogP contribution < -0.4 is 0 Å². The highest BCUT2D eigenvalue weighted by atomic mass is 32.2. The molecule has 0 aromatic heterocycles. The minimum absolute atomic E-state index is 0.242. The standard InChI is InChI=1S/C23H34N2O3S/c1-3-5-11-23(4-2,25-13-16-28-17-14-25)22(26)20-7-9-21(10-8-20)29-19-18-27-15-6-12-24/h7-10H,3-6,11,13-19H2,1-2H3. The Morgan fingerprint density at radius 3 is 2.59 bits per heavy atom. The molecule has 1 heterocycles. The second kappa shape index (κ2) is 13.0. The number of carbonyl (C=O) groups is 1. The maximum absolute atomic E-state index is 13.6. The quantitative estimate of drug-likeness (QED) is 0.266. The van der Waals surface area contributed by atoms with Crippen LogP contribution in [0.5, 0.6) is 0 Å². The molecule has 0 spiro atoms. The monoisotopic (exact) mass is 418 g/mol. The van der Waals surface area contributed by atoms with Gasteiger partial charge in [-0.15, -0.1) is 11.8 Å². The summed E-state index contributed by atoms with van der Waals surface area (Å²) in [5.41, 5.74) is 0.368. The Balaban J connectivity index is 2.03. The van der Waals surface area contributed by atoms with E-state index in [1.165, 1.54) is 0 Å². The van der Waals surface area contributed by atoms with Crippen molar-refractivity contribution in [3.05, 3.63) is 29.8 Å². The Hall–Kier alpha value is -1.39. The van der Waals surface area contributed by atoms with E-state index in [1.807, 2.05) is 24.3 Å². The lowest BCUT2D eigenvalue weighted by Crippen LogP contribution is -2.58. The van der Waals surface area contributed by atoms with Crippen LogP contribution in [0.2, 0.25) is 0 Å². The van der Waals surface area contributed by atoms with E-state index in [9.17, 15) is 4.79 Å². The zero-order valence-electron chi connectivity index (χ0n) is 17.8. The number of carbonyl (C=O) groups excluding carboxylic acids is 1. The molecule has 2 rings (SSSR count). The Kier molecular flexibility index (Phi) is 10.7. The Bertz CT molecular complexity index is 653. The summed E-state index contributed by atoms with van der Waals surface area (Å²) in [4.78, 5) is 17.1. The molecule has 0 amide bonds. The van der Waals surface area contributed by atoms with Crippen LogP contribution >= 0.6 is 11.8 Å². The van der Waals surface area contributed by atoms with Gasteiger partial charge < -0.3 is 9.47 Å². The average Bonchev–Trinajstić information content (AvgIpc) is 2.78. The molecule has 0 bridgehead atoms. The number of ether oxygens (including phenoxy) is 2. The molecule has 0 saturated carbocycles. The first kappa shape index (κ1) is 23.9. The molecular formula is C23H34N2O3S. The van der Waals surface area contributed by atoms with Crippen LogP contribution in [0.15, 0.2) is 29.2 Å². The lowest BCUT2D eigenvalue weighted by Gasteiger charge is -2.44. The number of ketones is 1. The van der Waals surface area contributed by atoms with Gasteiger partial charge in [0.25, 0.3) is 0 Å². The summed E-state index contributed by atoms with van der Waals surface area (Å²) in [6.07, 6.45) is 4.29. The molecule has 0 aliphatic carbocycles. The summed E-state index contributed by atoms with van der Waals surface area (Å²) in [5.74, 6) is 1.08. The number of benzene rings is 1. The number of nitrogens with zero attached hydrogens (tertiary/aromatic N) is 2. The van der Waals surface area contributed by atoms with E-state index in [-0.39, 0.29) is 5.78 Å². The van der Waals surface area contributed by atoms with Gasteiger partial charge in [0, 0.05) is 29.3 Å². The fourth-order valence-corrected chi connectivity index (χ4v) is 4.61. The molecule has 29 heavy (non-hydrogen) atoms. The van der Waals surface area contributed by atoms with Crippen molar-refractivity contribution in [3.63, 3.8) is 0 Å². The van der Waals surface area contributed by atoms with Gasteiger partial charge in [-0.25, -0.2) is 0 Å². The SMILES string of the molecule is CCCCC(CC)(C(=O)c1ccc(SCCOCCC#N)cc1)N1CCOCC1. The predicted octanol–water partition coefficient (Wildman–Crippen LogP) is 4.56. The topological polar surface area (TPSA) is 62.6 Å². The molecule has 1 atom stereocenters. The molecule has 1 aromatic carbocycles. The molecule has 0 N–H and O–H groups in total. The van der Waals surface area contributed by atoms with E-state index in [1.54, 1.807) is 11.8 Å². The first-order valence-electron chi connectivity index (χ1n) is 10.7. The summed E-state index contributed by atoms with van der Waals surface area (Å²) in [6.45, 7) is 8.48. The number of unbranched alkanes of at least 4 members (excludes halogenated alkanes) is 1. The minimum Gasteiger partial charge on any atom is -0.380 e. The molecule has 6 heteroatoms. The van der Waals surface area contributed by atoms with E-state index in [0.717, 1.165) is 55.0 Å². The van der Waals surface area contributed by atoms with E-state index in [2.05, 4.69) is 24.8 Å². The molecule has 5 nitrogen and oxygen atoms in total. The van der Waals surface area contributed by atoms with Crippen LogP contribution in [0, 0.1) is 11.3 Å². The summed E-state index contributed by atoms with van der Waals surface area (Å²) < 4.78 is 10.9. The number of nitriles is 1. The van der Waals surface area contributed by atoms with Crippen LogP contribution in [-0.2, 0) is 9.47 Å². The van der Waals surface area contributed by atoms with Gasteiger partial charge in [0.2, 0.25) is 0 Å². The first-order chi connectivity index (χ1) is 14.2. The summed E-state index contributed by atoms with van der Waals surface area (Å²) >= 11 is 1.71. The van der Waals surface area contributed by atoms with Gasteiger partial charge in [-0.1, -0.05) is 38.8 Å². The molecular weight excluding hydrogens is 384 g/mol. The fourth-order valence-electron chi connectivity index (χ4n) is 3.85. The third kappa shape index (κ3) is 6.82. The lowest BCUT2D eigenvalue weighted by atomic mass is 9.80. The van der Waals surface area contributed by atoms with Gasteiger partial charge in [-0.2, -0.15) is 5.26 Å². The Morgan fingerprint density at radius 1 is 1.24 bits per heavy atom. The summed E-state index contributed by atoms with van der Waals surface area (Å²) in [5, 5.41) is 8.51. The van der Waals surface area contributed by atoms with Gasteiger partial charge in [-0.05, 0) is 25.0 Å². The zero-order chi connectivity index (χ0) is 21.0. The van der Waals surface area contributed by atoms with Gasteiger partial charge in [0.15, 0.2) is 5.78 Å². The largest absolute Gasteiger partial charge is 0.380 e. The lowest BCUT2D eigenvalue weighted by molar-refractivity contribution is -0.0195. The molecule has 1 saturated heterocycles. The van der Waals surface area contributed by atoms with Crippen molar-refractivity contribution < 1.29 is 14.3 Å². The van der Waals surface area contributed by atoms with Crippen LogP contribution in [0.4, 0.5) is 0 Å². The average molecular weight is 419 g/mol. The van der Waals surface area contributed by atoms with Gasteiger partial charge in [0.1, 0.15) is 0 Å². The van der Waals surface area contributed by atoms with Gasteiger partial charge in [0.05, 0.1) is 44.5 Å². The third-order valence-corrected chi connectivity index (χ3v) is 6.52.